The average molecular weight is 329 g/mol. The molecule has 2 aromatic heterocycles. The van der Waals surface area contributed by atoms with Crippen LogP contribution in [0.2, 0.25) is 0 Å². The summed E-state index contributed by atoms with van der Waals surface area (Å²) in [5, 5.41) is 0. The van der Waals surface area contributed by atoms with Crippen LogP contribution in [0.1, 0.15) is 37.2 Å². The summed E-state index contributed by atoms with van der Waals surface area (Å²) in [5.41, 5.74) is 0.929. The maximum Gasteiger partial charge on any atom is 0.248 e. The molecule has 1 amide bonds. The van der Waals surface area contributed by atoms with E-state index in [4.69, 9.17) is 9.72 Å². The molecule has 0 spiro atoms. The van der Waals surface area contributed by atoms with Crippen molar-refractivity contribution in [1.82, 2.24) is 24.4 Å². The van der Waals surface area contributed by atoms with Crippen LogP contribution in [0.15, 0.2) is 24.8 Å². The highest BCUT2D eigenvalue weighted by Gasteiger charge is 2.26. The maximum atomic E-state index is 12.1. The van der Waals surface area contributed by atoms with Gasteiger partial charge >= 0.3 is 0 Å². The molecule has 0 bridgehead atoms. The molecule has 1 saturated heterocycles. The van der Waals surface area contributed by atoms with E-state index in [1.165, 1.54) is 0 Å². The number of hydrogen-bond donors (Lipinski definition) is 0. The first kappa shape index (κ1) is 16.6. The number of carbonyl (C=O) groups is 1. The lowest BCUT2D eigenvalue weighted by atomic mass is 9.95. The molecule has 3 heterocycles. The number of ether oxygens (including phenoxy) is 1. The molecule has 0 saturated carbocycles. The number of amides is 1. The van der Waals surface area contributed by atoms with E-state index >= 15 is 0 Å². The van der Waals surface area contributed by atoms with Crippen molar-refractivity contribution < 1.29 is 9.53 Å². The fourth-order valence-electron chi connectivity index (χ4n) is 3.15. The van der Waals surface area contributed by atoms with Gasteiger partial charge in [-0.3, -0.25) is 14.3 Å². The highest BCUT2D eigenvalue weighted by Crippen LogP contribution is 2.26. The molecule has 0 N–H and O–H groups in total. The van der Waals surface area contributed by atoms with Crippen LogP contribution in [0.5, 0.6) is 0 Å². The van der Waals surface area contributed by atoms with Crippen molar-refractivity contribution >= 4 is 5.91 Å². The Bertz CT molecular complexity index is 700. The minimum Gasteiger partial charge on any atom is -0.375 e. The number of nitrogens with zero attached hydrogens (tertiary/aromatic N) is 5. The predicted octanol–water partition coefficient (Wildman–Crippen LogP) is 1.58. The fraction of sp³-hybridized carbons (Fsp3) is 0.529. The largest absolute Gasteiger partial charge is 0.375 e. The molecule has 24 heavy (non-hydrogen) atoms. The molecule has 0 aromatic carbocycles. The van der Waals surface area contributed by atoms with Gasteiger partial charge in [0.15, 0.2) is 5.82 Å². The second kappa shape index (κ2) is 7.53. The zero-order chi connectivity index (χ0) is 16.9. The van der Waals surface area contributed by atoms with E-state index in [-0.39, 0.29) is 18.4 Å². The van der Waals surface area contributed by atoms with E-state index in [1.807, 2.05) is 15.7 Å². The van der Waals surface area contributed by atoms with Gasteiger partial charge in [0.05, 0.1) is 11.9 Å². The van der Waals surface area contributed by atoms with Gasteiger partial charge in [-0.25, -0.2) is 9.97 Å². The Hall–Kier alpha value is -2.28. The van der Waals surface area contributed by atoms with Gasteiger partial charge in [0.1, 0.15) is 12.4 Å². The summed E-state index contributed by atoms with van der Waals surface area (Å²) >= 11 is 0. The zero-order valence-corrected chi connectivity index (χ0v) is 14.2. The number of methoxy groups -OCH3 is 1. The minimum atomic E-state index is 0.0363. The summed E-state index contributed by atoms with van der Waals surface area (Å²) in [6.07, 6.45) is 10.1. The van der Waals surface area contributed by atoms with Gasteiger partial charge in [0.2, 0.25) is 5.91 Å². The van der Waals surface area contributed by atoms with E-state index in [0.29, 0.717) is 6.54 Å². The lowest BCUT2D eigenvalue weighted by Crippen LogP contribution is -2.41. The van der Waals surface area contributed by atoms with Crippen molar-refractivity contribution in [2.75, 3.05) is 26.8 Å². The molecule has 1 atom stereocenters. The molecular weight excluding hydrogens is 306 g/mol. The van der Waals surface area contributed by atoms with Crippen LogP contribution in [0.4, 0.5) is 0 Å². The third kappa shape index (κ3) is 3.46. The first-order chi connectivity index (χ1) is 11.7. The van der Waals surface area contributed by atoms with E-state index in [0.717, 1.165) is 43.1 Å². The van der Waals surface area contributed by atoms with Gasteiger partial charge in [-0.05, 0) is 12.8 Å². The van der Waals surface area contributed by atoms with Gasteiger partial charge in [-0.15, -0.1) is 0 Å². The van der Waals surface area contributed by atoms with Crippen LogP contribution in [0.25, 0.3) is 5.82 Å². The Labute approximate surface area is 141 Å². The Morgan fingerprint density at radius 2 is 2.29 bits per heavy atom. The molecular formula is C17H23N5O2. The normalized spacial score (nSPS) is 17.9. The van der Waals surface area contributed by atoms with Crippen LogP contribution in [0, 0.1) is 0 Å². The topological polar surface area (TPSA) is 73.1 Å². The molecule has 7 nitrogen and oxygen atoms in total. The Morgan fingerprint density at radius 1 is 1.42 bits per heavy atom. The van der Waals surface area contributed by atoms with Crippen molar-refractivity contribution in [3.05, 3.63) is 36.3 Å². The molecule has 1 aliphatic heterocycles. The van der Waals surface area contributed by atoms with E-state index < -0.39 is 0 Å². The number of imidazole rings is 1. The van der Waals surface area contributed by atoms with Gasteiger partial charge in [0, 0.05) is 51.1 Å². The average Bonchev–Trinajstić information content (AvgIpc) is 3.11. The van der Waals surface area contributed by atoms with E-state index in [2.05, 4.69) is 16.9 Å². The molecule has 1 fully saturated rings. The monoisotopic (exact) mass is 329 g/mol. The van der Waals surface area contributed by atoms with Crippen LogP contribution in [-0.2, 0) is 16.0 Å². The number of likely N-dealkylation sites (tertiary alicyclic amines) is 1. The minimum absolute atomic E-state index is 0.0363. The predicted molar refractivity (Wildman–Crippen MR) is 89.0 cm³/mol. The lowest BCUT2D eigenvalue weighted by molar-refractivity contribution is -0.136. The van der Waals surface area contributed by atoms with E-state index in [1.54, 1.807) is 25.7 Å². The molecule has 0 radical (unpaired) electrons. The van der Waals surface area contributed by atoms with Crippen molar-refractivity contribution in [2.24, 2.45) is 0 Å². The fourth-order valence-corrected chi connectivity index (χ4v) is 3.15. The van der Waals surface area contributed by atoms with Crippen molar-refractivity contribution in [2.45, 2.75) is 32.1 Å². The van der Waals surface area contributed by atoms with Crippen molar-refractivity contribution in [1.29, 1.82) is 0 Å². The standard InChI is InChI=1S/C17H23N5O2/c1-3-15-19-6-8-22(15)16-10-18-9-14(20-16)13-5-4-7-21(11-13)17(23)12-24-2/h6,8-10,13H,3-5,7,11-12H2,1-2H3. The smallest absolute Gasteiger partial charge is 0.248 e. The molecule has 1 unspecified atom stereocenters. The van der Waals surface area contributed by atoms with Crippen LogP contribution in [0.3, 0.4) is 0 Å². The van der Waals surface area contributed by atoms with Gasteiger partial charge in [-0.2, -0.15) is 0 Å². The van der Waals surface area contributed by atoms with Crippen LogP contribution in [-0.4, -0.2) is 57.1 Å². The third-order valence-corrected chi connectivity index (χ3v) is 4.38. The van der Waals surface area contributed by atoms with E-state index in [9.17, 15) is 4.79 Å². The SMILES string of the molecule is CCc1nccn1-c1cncc(C2CCCN(C(=O)COC)C2)n1. The summed E-state index contributed by atoms with van der Waals surface area (Å²) in [6.45, 7) is 3.65. The number of piperidine rings is 1. The van der Waals surface area contributed by atoms with Crippen LogP contribution < -0.4 is 0 Å². The second-order valence-electron chi connectivity index (χ2n) is 5.98. The first-order valence-electron chi connectivity index (χ1n) is 8.34. The van der Waals surface area contributed by atoms with Gasteiger partial charge in [0.25, 0.3) is 0 Å². The molecule has 1 aliphatic rings. The Balaban J connectivity index is 1.80. The van der Waals surface area contributed by atoms with Crippen LogP contribution >= 0.6 is 0 Å². The summed E-state index contributed by atoms with van der Waals surface area (Å²) < 4.78 is 6.93. The number of rotatable bonds is 5. The third-order valence-electron chi connectivity index (χ3n) is 4.38. The molecule has 2 aromatic rings. The molecule has 0 aliphatic carbocycles. The van der Waals surface area contributed by atoms with Crippen molar-refractivity contribution in [3.8, 4) is 5.82 Å². The number of carbonyl (C=O) groups excluding carboxylic acids is 1. The molecule has 7 heteroatoms. The molecule has 3 rings (SSSR count). The number of aromatic nitrogens is 4. The number of hydrogen-bond acceptors (Lipinski definition) is 5. The van der Waals surface area contributed by atoms with Gasteiger partial charge < -0.3 is 9.64 Å². The first-order valence-corrected chi connectivity index (χ1v) is 8.34. The summed E-state index contributed by atoms with van der Waals surface area (Å²) in [7, 11) is 1.55. The zero-order valence-electron chi connectivity index (χ0n) is 14.2. The summed E-state index contributed by atoms with van der Waals surface area (Å²) in [5.74, 6) is 1.99. The quantitative estimate of drug-likeness (QED) is 0.833. The summed E-state index contributed by atoms with van der Waals surface area (Å²) in [4.78, 5) is 27.4. The van der Waals surface area contributed by atoms with Crippen molar-refractivity contribution in [3.63, 3.8) is 0 Å². The Kier molecular flexibility index (Phi) is 5.20. The highest BCUT2D eigenvalue weighted by atomic mass is 16.5. The number of aryl methyl sites for hydroxylation is 1. The van der Waals surface area contributed by atoms with Gasteiger partial charge in [-0.1, -0.05) is 6.92 Å². The molecule has 128 valence electrons. The highest BCUT2D eigenvalue weighted by molar-refractivity contribution is 5.77. The second-order valence-corrected chi connectivity index (χ2v) is 5.98. The lowest BCUT2D eigenvalue weighted by Gasteiger charge is -2.32. The Morgan fingerprint density at radius 3 is 3.08 bits per heavy atom. The maximum absolute atomic E-state index is 12.1. The summed E-state index contributed by atoms with van der Waals surface area (Å²) in [6, 6.07) is 0.